The Hall–Kier alpha value is -2.52. The summed E-state index contributed by atoms with van der Waals surface area (Å²) in [6, 6.07) is 16.9. The molecule has 0 aliphatic heterocycles. The van der Waals surface area contributed by atoms with Crippen LogP contribution in [-0.2, 0) is 25.4 Å². The summed E-state index contributed by atoms with van der Waals surface area (Å²) >= 11 is 24.4. The van der Waals surface area contributed by atoms with Crippen molar-refractivity contribution >= 4 is 64.0 Å². The molecule has 11 heteroatoms. The van der Waals surface area contributed by atoms with Crippen LogP contribution in [0.15, 0.2) is 60.7 Å². The maximum absolute atomic E-state index is 12.9. The van der Waals surface area contributed by atoms with Gasteiger partial charge in [-0.05, 0) is 60.5 Å². The quantitative estimate of drug-likeness (QED) is 0.142. The molecular formula is C29H29Cl4NO6. The van der Waals surface area contributed by atoms with Crippen LogP contribution in [-0.4, -0.2) is 51.8 Å². The Morgan fingerprint density at radius 3 is 1.70 bits per heavy atom. The lowest BCUT2D eigenvalue weighted by Crippen LogP contribution is -2.42. The van der Waals surface area contributed by atoms with E-state index in [4.69, 9.17) is 65.4 Å². The molecule has 0 aromatic heterocycles. The van der Waals surface area contributed by atoms with Gasteiger partial charge in [0.25, 0.3) is 0 Å². The lowest BCUT2D eigenvalue weighted by molar-refractivity contribution is -0.0950. The smallest absolute Gasteiger partial charge is 0.342 e. The van der Waals surface area contributed by atoms with Crippen LogP contribution < -0.4 is 4.90 Å². The van der Waals surface area contributed by atoms with Gasteiger partial charge >= 0.3 is 11.9 Å². The number of methoxy groups -OCH3 is 2. The fourth-order valence-corrected chi connectivity index (χ4v) is 4.57. The molecule has 3 aromatic carbocycles. The van der Waals surface area contributed by atoms with E-state index in [9.17, 15) is 9.59 Å². The van der Waals surface area contributed by atoms with Gasteiger partial charge in [0.05, 0.1) is 34.3 Å². The van der Waals surface area contributed by atoms with Gasteiger partial charge in [0.15, 0.2) is 0 Å². The average Bonchev–Trinajstić information content (AvgIpc) is 2.94. The van der Waals surface area contributed by atoms with E-state index in [1.807, 2.05) is 29.2 Å². The Labute approximate surface area is 253 Å². The van der Waals surface area contributed by atoms with Crippen molar-refractivity contribution in [1.29, 1.82) is 0 Å². The van der Waals surface area contributed by atoms with E-state index in [2.05, 4.69) is 6.92 Å². The second-order valence-corrected chi connectivity index (χ2v) is 10.4. The van der Waals surface area contributed by atoms with E-state index >= 15 is 0 Å². The minimum Gasteiger partial charge on any atom is -0.430 e. The van der Waals surface area contributed by atoms with Crippen molar-refractivity contribution < 1.29 is 28.5 Å². The third-order valence-corrected chi connectivity index (χ3v) is 6.98. The van der Waals surface area contributed by atoms with Crippen molar-refractivity contribution in [2.24, 2.45) is 0 Å². The van der Waals surface area contributed by atoms with Gasteiger partial charge in [-0.1, -0.05) is 71.9 Å². The van der Waals surface area contributed by atoms with Gasteiger partial charge in [-0.25, -0.2) is 9.59 Å². The Bertz CT molecular complexity index is 1250. The number of hydrogen-bond acceptors (Lipinski definition) is 7. The molecule has 0 aliphatic carbocycles. The van der Waals surface area contributed by atoms with E-state index in [1.165, 1.54) is 38.5 Å². The lowest BCUT2D eigenvalue weighted by atomic mass is 10.1. The highest BCUT2D eigenvalue weighted by atomic mass is 35.5. The molecule has 0 heterocycles. The van der Waals surface area contributed by atoms with Crippen LogP contribution in [0.1, 0.15) is 39.6 Å². The first kappa shape index (κ1) is 32.0. The molecule has 0 amide bonds. The van der Waals surface area contributed by atoms with Crippen molar-refractivity contribution in [3.8, 4) is 0 Å². The molecule has 2 unspecified atom stereocenters. The number of hydrogen-bond donors (Lipinski definition) is 0. The Morgan fingerprint density at radius 2 is 1.25 bits per heavy atom. The zero-order valence-corrected chi connectivity index (χ0v) is 25.2. The molecule has 0 radical (unpaired) electrons. The number of ether oxygens (including phenoxy) is 4. The van der Waals surface area contributed by atoms with Crippen molar-refractivity contribution in [2.75, 3.05) is 32.2 Å². The number of aryl methyl sites for hydroxylation is 1. The monoisotopic (exact) mass is 627 g/mol. The van der Waals surface area contributed by atoms with Crippen LogP contribution in [0.3, 0.4) is 0 Å². The third-order valence-electron chi connectivity index (χ3n) is 5.85. The van der Waals surface area contributed by atoms with Crippen molar-refractivity contribution in [3.63, 3.8) is 0 Å². The van der Waals surface area contributed by atoms with Gasteiger partial charge in [0.2, 0.25) is 12.6 Å². The maximum Gasteiger partial charge on any atom is 0.342 e. The molecule has 0 bridgehead atoms. The Kier molecular flexibility index (Phi) is 12.4. The highest BCUT2D eigenvalue weighted by Crippen LogP contribution is 2.25. The van der Waals surface area contributed by atoms with Crippen molar-refractivity contribution in [3.05, 3.63) is 97.4 Å². The highest BCUT2D eigenvalue weighted by Gasteiger charge is 2.26. The summed E-state index contributed by atoms with van der Waals surface area (Å²) in [7, 11) is 2.83. The van der Waals surface area contributed by atoms with Crippen LogP contribution in [0.4, 0.5) is 5.69 Å². The summed E-state index contributed by atoms with van der Waals surface area (Å²) in [4.78, 5) is 27.6. The van der Waals surface area contributed by atoms with E-state index in [-0.39, 0.29) is 34.3 Å². The first-order valence-corrected chi connectivity index (χ1v) is 13.9. The number of benzene rings is 3. The summed E-state index contributed by atoms with van der Waals surface area (Å²) < 4.78 is 22.2. The zero-order chi connectivity index (χ0) is 29.2. The number of nitrogens with zero attached hydrogens (tertiary/aromatic N) is 1. The second kappa shape index (κ2) is 15.5. The molecule has 0 fully saturated rings. The molecule has 0 spiro atoms. The normalized spacial score (nSPS) is 12.5. The predicted molar refractivity (Wildman–Crippen MR) is 158 cm³/mol. The van der Waals surface area contributed by atoms with Crippen LogP contribution in [0.25, 0.3) is 0 Å². The minimum atomic E-state index is -1.02. The van der Waals surface area contributed by atoms with Gasteiger partial charge in [0, 0.05) is 30.0 Å². The number of esters is 2. The Morgan fingerprint density at radius 1 is 0.750 bits per heavy atom. The molecule has 0 saturated heterocycles. The molecule has 0 N–H and O–H groups in total. The zero-order valence-electron chi connectivity index (χ0n) is 22.2. The van der Waals surface area contributed by atoms with E-state index in [0.29, 0.717) is 10.0 Å². The molecule has 0 aliphatic rings. The SMILES string of the molecule is CCCc1cccc(N(CC(OC)OC(=O)c2cc(Cl)ccc2Cl)CC(OC)OC(=O)c2cc(Cl)ccc2Cl)c1. The Balaban J connectivity index is 1.85. The minimum absolute atomic E-state index is 0.0747. The van der Waals surface area contributed by atoms with E-state index in [1.54, 1.807) is 12.1 Å². The number of carbonyl (C=O) groups excluding carboxylic acids is 2. The fraction of sp³-hybridized carbons (Fsp3) is 0.310. The third kappa shape index (κ3) is 8.99. The summed E-state index contributed by atoms with van der Waals surface area (Å²) in [5.41, 5.74) is 2.10. The number of anilines is 1. The van der Waals surface area contributed by atoms with Crippen molar-refractivity contribution in [2.45, 2.75) is 32.3 Å². The molecule has 3 aromatic rings. The van der Waals surface area contributed by atoms with E-state index in [0.717, 1.165) is 24.1 Å². The highest BCUT2D eigenvalue weighted by molar-refractivity contribution is 6.36. The van der Waals surface area contributed by atoms with Gasteiger partial charge in [-0.15, -0.1) is 0 Å². The van der Waals surface area contributed by atoms with Gasteiger partial charge < -0.3 is 23.8 Å². The van der Waals surface area contributed by atoms with Crippen LogP contribution in [0, 0.1) is 0 Å². The largest absolute Gasteiger partial charge is 0.430 e. The second-order valence-electron chi connectivity index (χ2n) is 8.71. The van der Waals surface area contributed by atoms with Gasteiger partial charge in [-0.3, -0.25) is 0 Å². The molecule has 0 saturated carbocycles. The maximum atomic E-state index is 12.9. The molecule has 214 valence electrons. The summed E-state index contributed by atoms with van der Waals surface area (Å²) in [5.74, 6) is -1.41. The molecule has 40 heavy (non-hydrogen) atoms. The number of halogens is 4. The van der Waals surface area contributed by atoms with Crippen molar-refractivity contribution in [1.82, 2.24) is 0 Å². The molecular weight excluding hydrogens is 600 g/mol. The molecule has 3 rings (SSSR count). The molecule has 7 nitrogen and oxygen atoms in total. The predicted octanol–water partition coefficient (Wildman–Crippen LogP) is 7.72. The van der Waals surface area contributed by atoms with Gasteiger partial charge in [-0.2, -0.15) is 0 Å². The summed E-state index contributed by atoms with van der Waals surface area (Å²) in [5, 5.41) is 1.06. The summed E-state index contributed by atoms with van der Waals surface area (Å²) in [6.07, 6.45) is -0.213. The van der Waals surface area contributed by atoms with Gasteiger partial charge in [0.1, 0.15) is 0 Å². The first-order valence-electron chi connectivity index (χ1n) is 12.4. The topological polar surface area (TPSA) is 74.3 Å². The fourth-order valence-electron chi connectivity index (χ4n) is 3.84. The number of carbonyl (C=O) groups is 2. The van der Waals surface area contributed by atoms with Crippen LogP contribution in [0.2, 0.25) is 20.1 Å². The average molecular weight is 629 g/mol. The molecule has 2 atom stereocenters. The summed E-state index contributed by atoms with van der Waals surface area (Å²) in [6.45, 7) is 2.24. The number of rotatable bonds is 13. The first-order chi connectivity index (χ1) is 19.1. The standard InChI is InChI=1S/C29H29Cl4NO6/c1-4-6-18-7-5-8-21(13-18)34(16-26(37-2)39-28(35)22-14-19(30)9-11-24(22)32)17-27(38-3)40-29(36)23-15-20(31)10-12-25(23)33/h5,7-15,26-27H,4,6,16-17H2,1-3H3. The van der Waals surface area contributed by atoms with Crippen LogP contribution >= 0.6 is 46.4 Å². The lowest BCUT2D eigenvalue weighted by Gasteiger charge is -2.31. The van der Waals surface area contributed by atoms with E-state index < -0.39 is 24.5 Å². The van der Waals surface area contributed by atoms with Crippen LogP contribution in [0.5, 0.6) is 0 Å².